The summed E-state index contributed by atoms with van der Waals surface area (Å²) in [5.41, 5.74) is 1.50. The molecule has 0 spiro atoms. The normalized spacial score (nSPS) is 13.6. The molecule has 0 aromatic heterocycles. The Morgan fingerprint density at radius 3 is 1.92 bits per heavy atom. The Kier molecular flexibility index (Phi) is 5.39. The molecule has 0 heterocycles. The molecule has 12 heavy (non-hydrogen) atoms. The van der Waals surface area contributed by atoms with Crippen LogP contribution in [0.5, 0.6) is 0 Å². The van der Waals surface area contributed by atoms with Crippen LogP contribution in [-0.4, -0.2) is 0 Å². The molecule has 0 bridgehead atoms. The summed E-state index contributed by atoms with van der Waals surface area (Å²) in [4.78, 5) is 1.47. The second-order valence-corrected chi connectivity index (χ2v) is 4.65. The summed E-state index contributed by atoms with van der Waals surface area (Å²) < 4.78 is 0. The van der Waals surface area contributed by atoms with E-state index < -0.39 is 0 Å². The first-order chi connectivity index (χ1) is 5.50. The molecule has 0 saturated carbocycles. The predicted octanol–water partition coefficient (Wildman–Crippen LogP) is 4.45. The van der Waals surface area contributed by atoms with E-state index in [1.54, 1.807) is 11.8 Å². The molecule has 0 N–H and O–H groups in total. The lowest BCUT2D eigenvalue weighted by Crippen LogP contribution is -1.98. The molecule has 0 unspecified atom stereocenters. The topological polar surface area (TPSA) is 0 Å². The first-order valence-electron chi connectivity index (χ1n) is 4.48. The van der Waals surface area contributed by atoms with E-state index in [1.165, 1.54) is 10.5 Å². The average molecular weight is 184 g/mol. The molecule has 0 nitrogen and oxygen atoms in total. The second kappa shape index (κ2) is 5.47. The summed E-state index contributed by atoms with van der Waals surface area (Å²) in [5, 5.41) is 1.92. The van der Waals surface area contributed by atoms with E-state index in [9.17, 15) is 0 Å². The Bertz CT molecular complexity index is 175. The summed E-state index contributed by atoms with van der Waals surface area (Å²) in [7, 11) is 0. The van der Waals surface area contributed by atoms with Crippen molar-refractivity contribution in [3.63, 3.8) is 0 Å². The van der Waals surface area contributed by atoms with Gasteiger partial charge >= 0.3 is 0 Å². The lowest BCUT2D eigenvalue weighted by Gasteiger charge is -2.15. The van der Waals surface area contributed by atoms with E-state index in [2.05, 4.69) is 41.2 Å². The van der Waals surface area contributed by atoms with E-state index in [-0.39, 0.29) is 0 Å². The van der Waals surface area contributed by atoms with E-state index >= 15 is 0 Å². The van der Waals surface area contributed by atoms with Crippen LogP contribution >= 0.6 is 11.8 Å². The Balaban J connectivity index is 4.66. The van der Waals surface area contributed by atoms with Crippen molar-refractivity contribution < 1.29 is 0 Å². The molecule has 0 rings (SSSR count). The number of hydrogen-bond acceptors (Lipinski definition) is 1. The van der Waals surface area contributed by atoms with Gasteiger partial charge in [0, 0.05) is 0 Å². The van der Waals surface area contributed by atoms with Crippen molar-refractivity contribution in [1.82, 2.24) is 0 Å². The van der Waals surface area contributed by atoms with Crippen molar-refractivity contribution in [2.24, 2.45) is 11.8 Å². The standard InChI is InChI=1S/C11H20S/c1-7-12-11(9(4)5)10(6)8(2)3/h7-9H,1H2,2-6H3/b11-10+. The Morgan fingerprint density at radius 2 is 1.67 bits per heavy atom. The third-order valence-electron chi connectivity index (χ3n) is 1.99. The fraction of sp³-hybridized carbons (Fsp3) is 0.636. The fourth-order valence-electron chi connectivity index (χ4n) is 1.06. The molecule has 0 aromatic rings. The second-order valence-electron chi connectivity index (χ2n) is 3.64. The van der Waals surface area contributed by atoms with Gasteiger partial charge in [-0.15, -0.1) is 11.8 Å². The summed E-state index contributed by atoms with van der Waals surface area (Å²) >= 11 is 1.76. The highest BCUT2D eigenvalue weighted by molar-refractivity contribution is 8.05. The molecule has 70 valence electrons. The highest BCUT2D eigenvalue weighted by Crippen LogP contribution is 2.30. The van der Waals surface area contributed by atoms with Gasteiger partial charge in [0.25, 0.3) is 0 Å². The highest BCUT2D eigenvalue weighted by atomic mass is 32.2. The van der Waals surface area contributed by atoms with Crippen LogP contribution in [0.2, 0.25) is 0 Å². The molecule has 0 amide bonds. The quantitative estimate of drug-likeness (QED) is 0.622. The zero-order valence-corrected chi connectivity index (χ0v) is 9.66. The van der Waals surface area contributed by atoms with Crippen LogP contribution in [0, 0.1) is 11.8 Å². The van der Waals surface area contributed by atoms with Crippen molar-refractivity contribution in [3.05, 3.63) is 22.5 Å². The molecule has 0 saturated heterocycles. The predicted molar refractivity (Wildman–Crippen MR) is 60.2 cm³/mol. The van der Waals surface area contributed by atoms with E-state index in [0.717, 1.165) is 0 Å². The van der Waals surface area contributed by atoms with Crippen LogP contribution in [0.15, 0.2) is 22.5 Å². The minimum absolute atomic E-state index is 0.621. The van der Waals surface area contributed by atoms with E-state index in [0.29, 0.717) is 11.8 Å². The number of hydrogen-bond donors (Lipinski definition) is 0. The lowest BCUT2D eigenvalue weighted by atomic mass is 10.0. The molecular formula is C11H20S. The van der Waals surface area contributed by atoms with Gasteiger partial charge in [-0.1, -0.05) is 39.8 Å². The Morgan fingerprint density at radius 1 is 1.17 bits per heavy atom. The highest BCUT2D eigenvalue weighted by Gasteiger charge is 2.08. The fourth-order valence-corrected chi connectivity index (χ4v) is 1.93. The maximum Gasteiger partial charge on any atom is -0.00913 e. The van der Waals surface area contributed by atoms with Gasteiger partial charge in [0.05, 0.1) is 0 Å². The van der Waals surface area contributed by atoms with Crippen molar-refractivity contribution in [2.45, 2.75) is 34.6 Å². The smallest absolute Gasteiger partial charge is 0.00913 e. The van der Waals surface area contributed by atoms with Gasteiger partial charge in [0.15, 0.2) is 0 Å². The SMILES string of the molecule is C=CS/C(=C(\C)C(C)C)C(C)C. The van der Waals surface area contributed by atoms with Crippen molar-refractivity contribution in [2.75, 3.05) is 0 Å². The van der Waals surface area contributed by atoms with Crippen LogP contribution in [0.1, 0.15) is 34.6 Å². The number of thioether (sulfide) groups is 1. The Labute approximate surface area is 81.1 Å². The van der Waals surface area contributed by atoms with Gasteiger partial charge in [-0.3, -0.25) is 0 Å². The molecular weight excluding hydrogens is 164 g/mol. The third kappa shape index (κ3) is 3.48. The molecule has 0 aliphatic carbocycles. The van der Waals surface area contributed by atoms with Gasteiger partial charge in [-0.2, -0.15) is 0 Å². The Hall–Kier alpha value is -0.170. The van der Waals surface area contributed by atoms with E-state index in [1.807, 2.05) is 5.41 Å². The van der Waals surface area contributed by atoms with Gasteiger partial charge in [-0.05, 0) is 29.1 Å². The summed E-state index contributed by atoms with van der Waals surface area (Å²) in [6, 6.07) is 0. The molecule has 1 heteroatoms. The third-order valence-corrected chi connectivity index (χ3v) is 3.20. The summed E-state index contributed by atoms with van der Waals surface area (Å²) in [6.07, 6.45) is 0. The van der Waals surface area contributed by atoms with Crippen molar-refractivity contribution in [1.29, 1.82) is 0 Å². The molecule has 0 aliphatic rings. The molecule has 0 radical (unpaired) electrons. The molecule has 0 aliphatic heterocycles. The first-order valence-corrected chi connectivity index (χ1v) is 5.36. The number of rotatable bonds is 4. The zero-order chi connectivity index (χ0) is 9.72. The maximum absolute atomic E-state index is 3.75. The van der Waals surface area contributed by atoms with Crippen LogP contribution in [-0.2, 0) is 0 Å². The van der Waals surface area contributed by atoms with Gasteiger partial charge in [0.1, 0.15) is 0 Å². The molecule has 0 atom stereocenters. The summed E-state index contributed by atoms with van der Waals surface area (Å²) in [5.74, 6) is 1.27. The van der Waals surface area contributed by atoms with Crippen LogP contribution in [0.25, 0.3) is 0 Å². The maximum atomic E-state index is 3.75. The van der Waals surface area contributed by atoms with Crippen molar-refractivity contribution >= 4 is 11.8 Å². The number of allylic oxidation sites excluding steroid dienone is 2. The molecule has 0 fully saturated rings. The van der Waals surface area contributed by atoms with Gasteiger partial charge in [0.2, 0.25) is 0 Å². The van der Waals surface area contributed by atoms with Crippen LogP contribution in [0.3, 0.4) is 0 Å². The minimum atomic E-state index is 0.621. The lowest BCUT2D eigenvalue weighted by molar-refractivity contribution is 0.722. The monoisotopic (exact) mass is 184 g/mol. The van der Waals surface area contributed by atoms with Crippen molar-refractivity contribution in [3.8, 4) is 0 Å². The largest absolute Gasteiger partial charge is 0.103 e. The van der Waals surface area contributed by atoms with Crippen LogP contribution < -0.4 is 0 Å². The van der Waals surface area contributed by atoms with Gasteiger partial charge in [-0.25, -0.2) is 0 Å². The summed E-state index contributed by atoms with van der Waals surface area (Å²) in [6.45, 7) is 14.9. The molecule has 0 aromatic carbocycles. The minimum Gasteiger partial charge on any atom is -0.103 e. The zero-order valence-electron chi connectivity index (χ0n) is 8.85. The van der Waals surface area contributed by atoms with E-state index in [4.69, 9.17) is 0 Å². The average Bonchev–Trinajstić information content (AvgIpc) is 1.98. The van der Waals surface area contributed by atoms with Gasteiger partial charge < -0.3 is 0 Å². The van der Waals surface area contributed by atoms with Crippen LogP contribution in [0.4, 0.5) is 0 Å². The first kappa shape index (κ1) is 11.8.